The first-order valence-corrected chi connectivity index (χ1v) is 5.29. The number of carbonyl (C=O) groups excluding carboxylic acids is 1. The molecule has 0 fully saturated rings. The Morgan fingerprint density at radius 3 is 3.07 bits per heavy atom. The first kappa shape index (κ1) is 8.65. The van der Waals surface area contributed by atoms with Crippen molar-refractivity contribution in [3.05, 3.63) is 29.5 Å². The van der Waals surface area contributed by atoms with Gasteiger partial charge >= 0.3 is 0 Å². The minimum atomic E-state index is 0.358. The third kappa shape index (κ3) is 1.44. The van der Waals surface area contributed by atoms with Gasteiger partial charge in [0.05, 0.1) is 11.7 Å². The SMILES string of the molecule is O=C1CCCc2cc3[nH]ncc3cc2C1. The zero-order valence-electron chi connectivity index (χ0n) is 8.42. The highest BCUT2D eigenvalue weighted by molar-refractivity contribution is 5.85. The lowest BCUT2D eigenvalue weighted by Gasteiger charge is -2.04. The number of rotatable bonds is 0. The number of carbonyl (C=O) groups is 1. The smallest absolute Gasteiger partial charge is 0.137 e. The number of benzene rings is 1. The van der Waals surface area contributed by atoms with Crippen LogP contribution in [0.25, 0.3) is 10.9 Å². The highest BCUT2D eigenvalue weighted by Crippen LogP contribution is 2.23. The van der Waals surface area contributed by atoms with Crippen LogP contribution >= 0.6 is 0 Å². The third-order valence-corrected chi connectivity index (χ3v) is 3.05. The van der Waals surface area contributed by atoms with E-state index in [1.165, 1.54) is 11.1 Å². The van der Waals surface area contributed by atoms with Crippen molar-refractivity contribution in [1.29, 1.82) is 0 Å². The molecule has 0 saturated heterocycles. The summed E-state index contributed by atoms with van der Waals surface area (Å²) < 4.78 is 0. The van der Waals surface area contributed by atoms with E-state index in [-0.39, 0.29) is 0 Å². The van der Waals surface area contributed by atoms with Crippen LogP contribution in [0.5, 0.6) is 0 Å². The van der Waals surface area contributed by atoms with E-state index in [2.05, 4.69) is 22.3 Å². The number of aryl methyl sites for hydroxylation is 1. The van der Waals surface area contributed by atoms with Crippen LogP contribution in [0.4, 0.5) is 0 Å². The molecule has 0 spiro atoms. The number of nitrogens with zero attached hydrogens (tertiary/aromatic N) is 1. The summed E-state index contributed by atoms with van der Waals surface area (Å²) in [7, 11) is 0. The summed E-state index contributed by atoms with van der Waals surface area (Å²) in [6, 6.07) is 4.23. The topological polar surface area (TPSA) is 45.8 Å². The minimum absolute atomic E-state index is 0.358. The fourth-order valence-corrected chi connectivity index (χ4v) is 2.26. The molecule has 0 saturated carbocycles. The number of aromatic nitrogens is 2. The van der Waals surface area contributed by atoms with E-state index < -0.39 is 0 Å². The van der Waals surface area contributed by atoms with Gasteiger partial charge < -0.3 is 0 Å². The van der Waals surface area contributed by atoms with Crippen LogP contribution in [-0.2, 0) is 17.6 Å². The van der Waals surface area contributed by atoms with Crippen molar-refractivity contribution in [3.63, 3.8) is 0 Å². The largest absolute Gasteiger partial charge is 0.299 e. The zero-order chi connectivity index (χ0) is 10.3. The quantitative estimate of drug-likeness (QED) is 0.661. The van der Waals surface area contributed by atoms with Crippen molar-refractivity contribution < 1.29 is 4.79 Å². The molecule has 1 aromatic heterocycles. The van der Waals surface area contributed by atoms with Crippen molar-refractivity contribution in [2.24, 2.45) is 0 Å². The average molecular weight is 200 g/mol. The molecule has 1 aromatic carbocycles. The Labute approximate surface area is 87.5 Å². The predicted molar refractivity (Wildman–Crippen MR) is 57.7 cm³/mol. The molecule has 0 aliphatic heterocycles. The average Bonchev–Trinajstić information content (AvgIpc) is 2.57. The normalized spacial score (nSPS) is 16.4. The number of Topliss-reactive ketones (excluding diaryl/α,β-unsaturated/α-hetero) is 1. The lowest BCUT2D eigenvalue weighted by atomic mass is 10.0. The third-order valence-electron chi connectivity index (χ3n) is 3.05. The summed E-state index contributed by atoms with van der Waals surface area (Å²) in [6.07, 6.45) is 5.11. The van der Waals surface area contributed by atoms with Gasteiger partial charge in [-0.1, -0.05) is 0 Å². The molecule has 0 radical (unpaired) electrons. The van der Waals surface area contributed by atoms with Gasteiger partial charge in [0.15, 0.2) is 0 Å². The van der Waals surface area contributed by atoms with E-state index in [0.717, 1.165) is 30.2 Å². The standard InChI is InChI=1S/C12H12N2O/c15-11-3-1-2-8-6-12-10(7-13-14-12)4-9(8)5-11/h4,6-7H,1-3,5H2,(H,13,14). The maximum atomic E-state index is 11.5. The predicted octanol–water partition coefficient (Wildman–Crippen LogP) is 2.01. The molecular formula is C12H12N2O. The lowest BCUT2D eigenvalue weighted by Crippen LogP contribution is -1.99. The van der Waals surface area contributed by atoms with E-state index in [1.807, 2.05) is 6.20 Å². The Morgan fingerprint density at radius 1 is 1.20 bits per heavy atom. The first-order chi connectivity index (χ1) is 7.33. The highest BCUT2D eigenvalue weighted by Gasteiger charge is 2.14. The molecule has 1 N–H and O–H groups in total. The molecule has 1 heterocycles. The summed E-state index contributed by atoms with van der Waals surface area (Å²) in [5, 5.41) is 8.07. The number of fused-ring (bicyclic) bond motifs is 2. The number of nitrogens with one attached hydrogen (secondary N) is 1. The molecule has 0 atom stereocenters. The number of ketones is 1. The lowest BCUT2D eigenvalue weighted by molar-refractivity contribution is -0.118. The van der Waals surface area contributed by atoms with Gasteiger partial charge in [0.25, 0.3) is 0 Å². The highest BCUT2D eigenvalue weighted by atomic mass is 16.1. The number of hydrogen-bond donors (Lipinski definition) is 1. The molecule has 2 aromatic rings. The van der Waals surface area contributed by atoms with Crippen molar-refractivity contribution in [2.45, 2.75) is 25.7 Å². The maximum Gasteiger partial charge on any atom is 0.137 e. The second kappa shape index (κ2) is 3.19. The second-order valence-electron chi connectivity index (χ2n) is 4.15. The van der Waals surface area contributed by atoms with Crippen molar-refractivity contribution in [1.82, 2.24) is 10.2 Å². The maximum absolute atomic E-state index is 11.5. The number of hydrogen-bond acceptors (Lipinski definition) is 2. The van der Waals surface area contributed by atoms with Gasteiger partial charge in [-0.15, -0.1) is 0 Å². The Balaban J connectivity index is 2.19. The Morgan fingerprint density at radius 2 is 2.13 bits per heavy atom. The summed E-state index contributed by atoms with van der Waals surface area (Å²) in [4.78, 5) is 11.5. The monoisotopic (exact) mass is 200 g/mol. The Bertz CT molecular complexity index is 527. The first-order valence-electron chi connectivity index (χ1n) is 5.29. The van der Waals surface area contributed by atoms with E-state index in [4.69, 9.17) is 0 Å². The summed E-state index contributed by atoms with van der Waals surface area (Å²) in [5.74, 6) is 0.358. The van der Waals surface area contributed by atoms with Crippen LogP contribution in [0, 0.1) is 0 Å². The van der Waals surface area contributed by atoms with Gasteiger partial charge in [-0.3, -0.25) is 9.89 Å². The minimum Gasteiger partial charge on any atom is -0.299 e. The molecule has 0 bridgehead atoms. The molecule has 15 heavy (non-hydrogen) atoms. The van der Waals surface area contributed by atoms with Gasteiger partial charge in [-0.25, -0.2) is 0 Å². The number of H-pyrrole nitrogens is 1. The van der Waals surface area contributed by atoms with Gasteiger partial charge in [-0.05, 0) is 36.1 Å². The van der Waals surface area contributed by atoms with Gasteiger partial charge in [-0.2, -0.15) is 5.10 Å². The summed E-state index contributed by atoms with van der Waals surface area (Å²) >= 11 is 0. The molecule has 1 aliphatic rings. The Kier molecular flexibility index (Phi) is 1.84. The van der Waals surface area contributed by atoms with Crippen molar-refractivity contribution in [2.75, 3.05) is 0 Å². The van der Waals surface area contributed by atoms with Crippen molar-refractivity contribution >= 4 is 16.7 Å². The van der Waals surface area contributed by atoms with Crippen LogP contribution < -0.4 is 0 Å². The van der Waals surface area contributed by atoms with Crippen LogP contribution in [-0.4, -0.2) is 16.0 Å². The molecule has 1 aliphatic carbocycles. The van der Waals surface area contributed by atoms with Gasteiger partial charge in [0.1, 0.15) is 5.78 Å². The van der Waals surface area contributed by atoms with Crippen LogP contribution in [0.2, 0.25) is 0 Å². The van der Waals surface area contributed by atoms with E-state index in [9.17, 15) is 4.79 Å². The van der Waals surface area contributed by atoms with Gasteiger partial charge in [0.2, 0.25) is 0 Å². The van der Waals surface area contributed by atoms with Crippen LogP contribution in [0.1, 0.15) is 24.0 Å². The number of aromatic amines is 1. The molecule has 3 rings (SSSR count). The molecular weight excluding hydrogens is 188 g/mol. The van der Waals surface area contributed by atoms with E-state index in [0.29, 0.717) is 12.2 Å². The molecule has 76 valence electrons. The molecule has 3 nitrogen and oxygen atoms in total. The zero-order valence-corrected chi connectivity index (χ0v) is 8.42. The molecule has 0 unspecified atom stereocenters. The second-order valence-corrected chi connectivity index (χ2v) is 4.15. The summed E-state index contributed by atoms with van der Waals surface area (Å²) in [6.45, 7) is 0. The van der Waals surface area contributed by atoms with Crippen molar-refractivity contribution in [3.8, 4) is 0 Å². The fourth-order valence-electron chi connectivity index (χ4n) is 2.26. The summed E-state index contributed by atoms with van der Waals surface area (Å²) in [5.41, 5.74) is 3.56. The Hall–Kier alpha value is -1.64. The van der Waals surface area contributed by atoms with Gasteiger partial charge in [0, 0.05) is 18.2 Å². The molecule has 0 amide bonds. The van der Waals surface area contributed by atoms with Crippen LogP contribution in [0.3, 0.4) is 0 Å². The van der Waals surface area contributed by atoms with E-state index in [1.54, 1.807) is 0 Å². The van der Waals surface area contributed by atoms with E-state index >= 15 is 0 Å². The fraction of sp³-hybridized carbons (Fsp3) is 0.333. The molecule has 3 heteroatoms. The van der Waals surface area contributed by atoms with Crippen LogP contribution in [0.15, 0.2) is 18.3 Å².